The average Bonchev–Trinajstić information content (AvgIpc) is 2.52. The Bertz CT molecular complexity index is 540. The molecule has 0 aliphatic rings. The minimum atomic E-state index is -0.134. The van der Waals surface area contributed by atoms with E-state index in [1.165, 1.54) is 11.1 Å². The summed E-state index contributed by atoms with van der Waals surface area (Å²) in [7, 11) is 1.68. The first-order valence-electron chi connectivity index (χ1n) is 7.18. The van der Waals surface area contributed by atoms with E-state index in [1.54, 1.807) is 7.11 Å². The third kappa shape index (κ3) is 4.59. The fraction of sp³-hybridized carbons (Fsp3) is 0.278. The Kier molecular flexibility index (Phi) is 5.78. The number of benzene rings is 2. The number of rotatable bonds is 7. The minimum absolute atomic E-state index is 0.134. The van der Waals surface area contributed by atoms with Crippen LogP contribution in [0.5, 0.6) is 5.75 Å². The molecule has 3 nitrogen and oxygen atoms in total. The number of methoxy groups -OCH3 is 1. The summed E-state index contributed by atoms with van der Waals surface area (Å²) >= 11 is 0. The van der Waals surface area contributed by atoms with Crippen LogP contribution < -0.4 is 15.8 Å². The lowest BCUT2D eigenvalue weighted by atomic mass is 9.93. The van der Waals surface area contributed by atoms with Crippen LogP contribution in [-0.2, 0) is 6.54 Å². The van der Waals surface area contributed by atoms with Gasteiger partial charge in [-0.15, -0.1) is 0 Å². The molecule has 2 atom stereocenters. The summed E-state index contributed by atoms with van der Waals surface area (Å²) in [5.74, 6) is 1.08. The fourth-order valence-electron chi connectivity index (χ4n) is 2.37. The molecule has 0 aliphatic heterocycles. The van der Waals surface area contributed by atoms with Gasteiger partial charge in [-0.1, -0.05) is 42.5 Å². The van der Waals surface area contributed by atoms with Crippen LogP contribution in [0.4, 0.5) is 0 Å². The zero-order chi connectivity index (χ0) is 15.1. The summed E-state index contributed by atoms with van der Waals surface area (Å²) in [4.78, 5) is 0. The molecule has 2 aromatic rings. The number of ether oxygens (including phenoxy) is 1. The van der Waals surface area contributed by atoms with Gasteiger partial charge in [0.05, 0.1) is 7.11 Å². The van der Waals surface area contributed by atoms with Crippen molar-refractivity contribution in [1.29, 1.82) is 0 Å². The lowest BCUT2D eigenvalue weighted by Gasteiger charge is -2.22. The van der Waals surface area contributed by atoms with Crippen LogP contribution in [0.3, 0.4) is 0 Å². The maximum absolute atomic E-state index is 6.02. The van der Waals surface area contributed by atoms with Crippen molar-refractivity contribution in [2.45, 2.75) is 18.5 Å². The van der Waals surface area contributed by atoms with Gasteiger partial charge >= 0.3 is 0 Å². The molecular formula is C18H23N2O. The molecule has 3 heteroatoms. The van der Waals surface area contributed by atoms with Crippen molar-refractivity contribution in [2.75, 3.05) is 13.7 Å². The van der Waals surface area contributed by atoms with Crippen molar-refractivity contribution in [3.63, 3.8) is 0 Å². The van der Waals surface area contributed by atoms with Gasteiger partial charge in [0.15, 0.2) is 0 Å². The largest absolute Gasteiger partial charge is 0.497 e. The molecule has 0 aromatic heterocycles. The van der Waals surface area contributed by atoms with E-state index in [-0.39, 0.29) is 12.0 Å². The van der Waals surface area contributed by atoms with Crippen molar-refractivity contribution in [3.05, 3.63) is 72.6 Å². The van der Waals surface area contributed by atoms with E-state index >= 15 is 0 Å². The highest BCUT2D eigenvalue weighted by Gasteiger charge is 2.15. The second kappa shape index (κ2) is 7.81. The normalized spacial score (nSPS) is 13.7. The highest BCUT2D eigenvalue weighted by atomic mass is 16.5. The molecule has 0 fully saturated rings. The summed E-state index contributed by atoms with van der Waals surface area (Å²) in [5, 5.41) is 3.46. The molecule has 0 saturated carbocycles. The summed E-state index contributed by atoms with van der Waals surface area (Å²) in [6, 6.07) is 18.2. The van der Waals surface area contributed by atoms with E-state index in [0.29, 0.717) is 0 Å². The van der Waals surface area contributed by atoms with E-state index in [4.69, 9.17) is 10.5 Å². The predicted octanol–water partition coefficient (Wildman–Crippen LogP) is 2.73. The lowest BCUT2D eigenvalue weighted by molar-refractivity contribution is 0.414. The third-order valence-corrected chi connectivity index (χ3v) is 3.57. The van der Waals surface area contributed by atoms with Crippen molar-refractivity contribution >= 4 is 0 Å². The zero-order valence-corrected chi connectivity index (χ0v) is 12.5. The zero-order valence-electron chi connectivity index (χ0n) is 12.5. The van der Waals surface area contributed by atoms with Crippen LogP contribution in [0.25, 0.3) is 0 Å². The maximum atomic E-state index is 6.02. The van der Waals surface area contributed by atoms with Crippen LogP contribution >= 0.6 is 0 Å². The van der Waals surface area contributed by atoms with Crippen molar-refractivity contribution in [1.82, 2.24) is 5.32 Å². The van der Waals surface area contributed by atoms with Gasteiger partial charge in [0, 0.05) is 25.0 Å². The third-order valence-electron chi connectivity index (χ3n) is 3.57. The smallest absolute Gasteiger partial charge is 0.119 e. The van der Waals surface area contributed by atoms with Gasteiger partial charge < -0.3 is 15.8 Å². The Balaban J connectivity index is 1.93. The van der Waals surface area contributed by atoms with Crippen LogP contribution in [0.1, 0.15) is 17.0 Å². The summed E-state index contributed by atoms with van der Waals surface area (Å²) in [5.41, 5.74) is 8.44. The van der Waals surface area contributed by atoms with Crippen LogP contribution in [0.15, 0.2) is 54.6 Å². The van der Waals surface area contributed by atoms with Gasteiger partial charge in [-0.3, -0.25) is 0 Å². The molecule has 111 valence electrons. The highest BCUT2D eigenvalue weighted by Crippen LogP contribution is 2.18. The van der Waals surface area contributed by atoms with Crippen LogP contribution in [-0.4, -0.2) is 19.7 Å². The first-order chi connectivity index (χ1) is 10.2. The average molecular weight is 283 g/mol. The summed E-state index contributed by atoms with van der Waals surface area (Å²) < 4.78 is 5.23. The Morgan fingerprint density at radius 1 is 1.14 bits per heavy atom. The van der Waals surface area contributed by atoms with E-state index < -0.39 is 0 Å². The molecule has 0 amide bonds. The Morgan fingerprint density at radius 3 is 2.57 bits per heavy atom. The van der Waals surface area contributed by atoms with Crippen LogP contribution in [0.2, 0.25) is 0 Å². The van der Waals surface area contributed by atoms with Crippen molar-refractivity contribution in [3.8, 4) is 5.75 Å². The molecule has 2 rings (SSSR count). The molecule has 0 heterocycles. The van der Waals surface area contributed by atoms with Gasteiger partial charge in [0.25, 0.3) is 0 Å². The Morgan fingerprint density at radius 2 is 1.90 bits per heavy atom. The molecule has 3 N–H and O–H groups in total. The van der Waals surface area contributed by atoms with E-state index in [0.717, 1.165) is 18.8 Å². The standard InChI is InChI=1S/C18H23N2O/c1-14(19)18(16-8-4-3-5-9-16)13-20-12-15-7-6-10-17(11-15)21-2/h3-11,14,18,20H,1,12-13,19H2,2H3/t14-,18-/m0/s1. The molecule has 0 bridgehead atoms. The molecule has 0 spiro atoms. The number of nitrogens with two attached hydrogens (primary N) is 1. The van der Waals surface area contributed by atoms with Gasteiger partial charge in [0.1, 0.15) is 5.75 Å². The Labute approximate surface area is 127 Å². The van der Waals surface area contributed by atoms with Crippen molar-refractivity contribution in [2.24, 2.45) is 5.73 Å². The monoisotopic (exact) mass is 283 g/mol. The van der Waals surface area contributed by atoms with E-state index in [1.807, 2.05) is 36.4 Å². The van der Waals surface area contributed by atoms with Gasteiger partial charge in [-0.2, -0.15) is 0 Å². The number of hydrogen-bond acceptors (Lipinski definition) is 3. The molecular weight excluding hydrogens is 260 g/mol. The summed E-state index contributed by atoms with van der Waals surface area (Å²) in [6.07, 6.45) is 0. The van der Waals surface area contributed by atoms with E-state index in [2.05, 4.69) is 30.4 Å². The maximum Gasteiger partial charge on any atom is 0.119 e. The molecule has 21 heavy (non-hydrogen) atoms. The molecule has 1 radical (unpaired) electrons. The second-order valence-corrected chi connectivity index (χ2v) is 5.16. The quantitative estimate of drug-likeness (QED) is 0.821. The Hall–Kier alpha value is -1.84. The summed E-state index contributed by atoms with van der Waals surface area (Å²) in [6.45, 7) is 5.57. The highest BCUT2D eigenvalue weighted by molar-refractivity contribution is 5.28. The predicted molar refractivity (Wildman–Crippen MR) is 87.2 cm³/mol. The van der Waals surface area contributed by atoms with Crippen LogP contribution in [0, 0.1) is 6.92 Å². The minimum Gasteiger partial charge on any atom is -0.497 e. The number of nitrogens with one attached hydrogen (secondary N) is 1. The van der Waals surface area contributed by atoms with Crippen molar-refractivity contribution < 1.29 is 4.74 Å². The van der Waals surface area contributed by atoms with Gasteiger partial charge in [0.2, 0.25) is 0 Å². The fourth-order valence-corrected chi connectivity index (χ4v) is 2.37. The van der Waals surface area contributed by atoms with Gasteiger partial charge in [-0.25, -0.2) is 0 Å². The second-order valence-electron chi connectivity index (χ2n) is 5.16. The number of hydrogen-bond donors (Lipinski definition) is 2. The topological polar surface area (TPSA) is 47.3 Å². The lowest BCUT2D eigenvalue weighted by Crippen LogP contribution is -2.33. The first kappa shape index (κ1) is 15.5. The molecule has 2 aromatic carbocycles. The van der Waals surface area contributed by atoms with E-state index in [9.17, 15) is 0 Å². The first-order valence-corrected chi connectivity index (χ1v) is 7.18. The molecule has 0 unspecified atom stereocenters. The molecule has 0 aliphatic carbocycles. The van der Waals surface area contributed by atoms with Gasteiger partial charge in [-0.05, 0) is 30.2 Å². The SMILES string of the molecule is [CH2][C@H](N)[C@H](CNCc1cccc(OC)c1)c1ccccc1. The molecule has 0 saturated heterocycles.